The van der Waals surface area contributed by atoms with E-state index >= 15 is 0 Å². The maximum Gasteiger partial charge on any atom is 0.227 e. The normalized spacial score (nSPS) is 25.0. The smallest absolute Gasteiger partial charge is 0.227 e. The minimum Gasteiger partial charge on any atom is -0.335 e. The van der Waals surface area contributed by atoms with E-state index in [0.717, 1.165) is 45.1 Å². The SMILES string of the molecule is CCc1ccc(CN(C(=O)C2CCCC2N)C2CC2)cc1. The van der Waals surface area contributed by atoms with Gasteiger partial charge >= 0.3 is 0 Å². The second kappa shape index (κ2) is 6.18. The zero-order chi connectivity index (χ0) is 14.8. The average Bonchev–Trinajstić information content (AvgIpc) is 3.26. The highest BCUT2D eigenvalue weighted by Gasteiger charge is 2.39. The third-order valence-electron chi connectivity index (χ3n) is 4.94. The lowest BCUT2D eigenvalue weighted by Gasteiger charge is -2.27. The van der Waals surface area contributed by atoms with Crippen molar-refractivity contribution >= 4 is 5.91 Å². The summed E-state index contributed by atoms with van der Waals surface area (Å²) in [4.78, 5) is 14.9. The lowest BCUT2D eigenvalue weighted by Crippen LogP contribution is -2.42. The highest BCUT2D eigenvalue weighted by atomic mass is 16.2. The largest absolute Gasteiger partial charge is 0.335 e. The van der Waals surface area contributed by atoms with E-state index in [-0.39, 0.29) is 12.0 Å². The van der Waals surface area contributed by atoms with Gasteiger partial charge in [-0.05, 0) is 43.2 Å². The Bertz CT molecular complexity index is 492. The van der Waals surface area contributed by atoms with Crippen LogP contribution in [0.1, 0.15) is 50.2 Å². The summed E-state index contributed by atoms with van der Waals surface area (Å²) in [6, 6.07) is 9.20. The first-order valence-electron chi connectivity index (χ1n) is 8.33. The quantitative estimate of drug-likeness (QED) is 0.904. The molecule has 2 atom stereocenters. The van der Waals surface area contributed by atoms with Crippen LogP contribution in [0.25, 0.3) is 0 Å². The van der Waals surface area contributed by atoms with Crippen molar-refractivity contribution in [3.8, 4) is 0 Å². The molecule has 2 N–H and O–H groups in total. The highest BCUT2D eigenvalue weighted by Crippen LogP contribution is 2.33. The van der Waals surface area contributed by atoms with Gasteiger partial charge in [-0.1, -0.05) is 37.6 Å². The second-order valence-corrected chi connectivity index (χ2v) is 6.57. The highest BCUT2D eigenvalue weighted by molar-refractivity contribution is 5.80. The minimum absolute atomic E-state index is 0.0560. The van der Waals surface area contributed by atoms with Crippen LogP contribution >= 0.6 is 0 Å². The monoisotopic (exact) mass is 286 g/mol. The van der Waals surface area contributed by atoms with Crippen molar-refractivity contribution in [2.45, 2.75) is 64.1 Å². The molecule has 0 bridgehead atoms. The van der Waals surface area contributed by atoms with Gasteiger partial charge in [0, 0.05) is 18.6 Å². The number of carbonyl (C=O) groups is 1. The molecule has 3 heteroatoms. The van der Waals surface area contributed by atoms with Gasteiger partial charge in [0.2, 0.25) is 5.91 Å². The van der Waals surface area contributed by atoms with Gasteiger partial charge < -0.3 is 10.6 Å². The molecule has 1 aromatic rings. The number of aryl methyl sites for hydroxylation is 1. The van der Waals surface area contributed by atoms with Gasteiger partial charge in [0.1, 0.15) is 0 Å². The van der Waals surface area contributed by atoms with Crippen LogP contribution in [0.2, 0.25) is 0 Å². The van der Waals surface area contributed by atoms with Crippen molar-refractivity contribution in [1.29, 1.82) is 0 Å². The Balaban J connectivity index is 1.70. The Morgan fingerprint density at radius 2 is 1.81 bits per heavy atom. The number of hydrogen-bond donors (Lipinski definition) is 1. The third kappa shape index (κ3) is 3.29. The first kappa shape index (κ1) is 14.6. The van der Waals surface area contributed by atoms with Gasteiger partial charge in [-0.2, -0.15) is 0 Å². The zero-order valence-electron chi connectivity index (χ0n) is 12.9. The molecular weight excluding hydrogens is 260 g/mol. The van der Waals surface area contributed by atoms with Gasteiger partial charge in [-0.3, -0.25) is 4.79 Å². The van der Waals surface area contributed by atoms with Crippen molar-refractivity contribution in [3.05, 3.63) is 35.4 Å². The molecular formula is C18H26N2O. The van der Waals surface area contributed by atoms with Crippen LogP contribution in [0.5, 0.6) is 0 Å². The molecule has 2 fully saturated rings. The summed E-state index contributed by atoms with van der Waals surface area (Å²) in [5.41, 5.74) is 8.71. The summed E-state index contributed by atoms with van der Waals surface area (Å²) in [7, 11) is 0. The summed E-state index contributed by atoms with van der Waals surface area (Å²) in [5, 5.41) is 0. The number of amides is 1. The van der Waals surface area contributed by atoms with Crippen LogP contribution in [0.15, 0.2) is 24.3 Å². The molecule has 0 spiro atoms. The number of hydrogen-bond acceptors (Lipinski definition) is 2. The second-order valence-electron chi connectivity index (χ2n) is 6.57. The van der Waals surface area contributed by atoms with E-state index in [1.54, 1.807) is 0 Å². The molecule has 0 heterocycles. The number of carbonyl (C=O) groups excluding carboxylic acids is 1. The van der Waals surface area contributed by atoms with E-state index in [4.69, 9.17) is 5.73 Å². The molecule has 1 amide bonds. The minimum atomic E-state index is 0.0560. The molecule has 2 unspecified atom stereocenters. The molecule has 3 rings (SSSR count). The molecule has 0 saturated heterocycles. The molecule has 2 aliphatic carbocycles. The number of benzene rings is 1. The standard InChI is InChI=1S/C18H26N2O/c1-2-13-6-8-14(9-7-13)12-20(15-10-11-15)18(21)16-4-3-5-17(16)19/h6-9,15-17H,2-5,10-12,19H2,1H3. The van der Waals surface area contributed by atoms with E-state index in [2.05, 4.69) is 36.1 Å². The van der Waals surface area contributed by atoms with Gasteiger partial charge in [0.05, 0.1) is 5.92 Å². The van der Waals surface area contributed by atoms with Crippen LogP contribution in [-0.2, 0) is 17.8 Å². The maximum atomic E-state index is 12.8. The Hall–Kier alpha value is -1.35. The average molecular weight is 286 g/mol. The fourth-order valence-corrected chi connectivity index (χ4v) is 3.36. The van der Waals surface area contributed by atoms with E-state index < -0.39 is 0 Å². The van der Waals surface area contributed by atoms with E-state index in [9.17, 15) is 4.79 Å². The molecule has 0 aromatic heterocycles. The van der Waals surface area contributed by atoms with Crippen LogP contribution in [0.3, 0.4) is 0 Å². The Kier molecular flexibility index (Phi) is 4.29. The Morgan fingerprint density at radius 3 is 2.33 bits per heavy atom. The summed E-state index contributed by atoms with van der Waals surface area (Å²) in [5.74, 6) is 0.350. The number of nitrogens with zero attached hydrogens (tertiary/aromatic N) is 1. The summed E-state index contributed by atoms with van der Waals surface area (Å²) in [6.45, 7) is 2.91. The Labute approximate surface area is 127 Å². The van der Waals surface area contributed by atoms with Crippen molar-refractivity contribution in [2.75, 3.05) is 0 Å². The van der Waals surface area contributed by atoms with Crippen molar-refractivity contribution in [1.82, 2.24) is 4.90 Å². The summed E-state index contributed by atoms with van der Waals surface area (Å²) >= 11 is 0. The number of rotatable bonds is 5. The zero-order valence-corrected chi connectivity index (χ0v) is 12.9. The molecule has 2 aliphatic rings. The first-order chi connectivity index (χ1) is 10.2. The number of nitrogens with two attached hydrogens (primary N) is 1. The lowest BCUT2D eigenvalue weighted by molar-refractivity contribution is -0.137. The van der Waals surface area contributed by atoms with Crippen molar-refractivity contribution in [2.24, 2.45) is 11.7 Å². The maximum absolute atomic E-state index is 12.8. The van der Waals surface area contributed by atoms with E-state index in [1.165, 1.54) is 11.1 Å². The molecule has 3 nitrogen and oxygen atoms in total. The molecule has 0 radical (unpaired) electrons. The van der Waals surface area contributed by atoms with Crippen LogP contribution in [0.4, 0.5) is 0 Å². The topological polar surface area (TPSA) is 46.3 Å². The Morgan fingerprint density at radius 1 is 1.14 bits per heavy atom. The summed E-state index contributed by atoms with van der Waals surface area (Å²) in [6.07, 6.45) is 6.43. The van der Waals surface area contributed by atoms with Crippen LogP contribution in [-0.4, -0.2) is 22.9 Å². The van der Waals surface area contributed by atoms with E-state index in [0.29, 0.717) is 11.9 Å². The molecule has 2 saturated carbocycles. The van der Waals surface area contributed by atoms with E-state index in [1.807, 2.05) is 0 Å². The van der Waals surface area contributed by atoms with Gasteiger partial charge in [0.25, 0.3) is 0 Å². The van der Waals surface area contributed by atoms with Crippen molar-refractivity contribution < 1.29 is 4.79 Å². The van der Waals surface area contributed by atoms with Gasteiger partial charge in [-0.15, -0.1) is 0 Å². The first-order valence-corrected chi connectivity index (χ1v) is 8.33. The van der Waals surface area contributed by atoms with Gasteiger partial charge in [-0.25, -0.2) is 0 Å². The fraction of sp³-hybridized carbons (Fsp3) is 0.611. The fourth-order valence-electron chi connectivity index (χ4n) is 3.36. The predicted molar refractivity (Wildman–Crippen MR) is 84.7 cm³/mol. The molecule has 0 aliphatic heterocycles. The molecule has 1 aromatic carbocycles. The molecule has 114 valence electrons. The predicted octanol–water partition coefficient (Wildman–Crippen LogP) is 2.87. The van der Waals surface area contributed by atoms with Gasteiger partial charge in [0.15, 0.2) is 0 Å². The van der Waals surface area contributed by atoms with Crippen LogP contribution in [0, 0.1) is 5.92 Å². The summed E-state index contributed by atoms with van der Waals surface area (Å²) < 4.78 is 0. The molecule has 21 heavy (non-hydrogen) atoms. The van der Waals surface area contributed by atoms with Crippen molar-refractivity contribution in [3.63, 3.8) is 0 Å². The lowest BCUT2D eigenvalue weighted by atomic mass is 10.0. The van der Waals surface area contributed by atoms with Crippen LogP contribution < -0.4 is 5.73 Å². The third-order valence-corrected chi connectivity index (χ3v) is 4.94.